The lowest BCUT2D eigenvalue weighted by Crippen LogP contribution is -2.13. The minimum atomic E-state index is 0.718. The van der Waals surface area contributed by atoms with Gasteiger partial charge in [0, 0.05) is 37.8 Å². The van der Waals surface area contributed by atoms with Crippen molar-refractivity contribution in [3.8, 4) is 0 Å². The monoisotopic (exact) mass is 281 g/mol. The van der Waals surface area contributed by atoms with Crippen molar-refractivity contribution in [1.82, 2.24) is 4.98 Å². The third-order valence-corrected chi connectivity index (χ3v) is 3.57. The standard InChI is InChI=1S/C17H19N3O/c1-12-14(13-7-4-5-9-16(13)21-12)11-19-15-8-6-10-18-17(15)20(2)3/h4-10,19H,11H2,1-3H3. The fourth-order valence-electron chi connectivity index (χ4n) is 2.52. The van der Waals surface area contributed by atoms with Crippen LogP contribution in [0.1, 0.15) is 11.3 Å². The molecule has 0 saturated heterocycles. The molecule has 0 amide bonds. The van der Waals surface area contributed by atoms with Gasteiger partial charge in [-0.2, -0.15) is 0 Å². The maximum atomic E-state index is 5.80. The van der Waals surface area contributed by atoms with Gasteiger partial charge in [-0.1, -0.05) is 18.2 Å². The minimum Gasteiger partial charge on any atom is -0.461 e. The van der Waals surface area contributed by atoms with Gasteiger partial charge in [-0.3, -0.25) is 0 Å². The van der Waals surface area contributed by atoms with E-state index in [0.29, 0.717) is 0 Å². The zero-order valence-corrected chi connectivity index (χ0v) is 12.6. The molecule has 0 aliphatic rings. The van der Waals surface area contributed by atoms with Crippen molar-refractivity contribution in [2.24, 2.45) is 0 Å². The number of hydrogen-bond donors (Lipinski definition) is 1. The Morgan fingerprint density at radius 1 is 1.14 bits per heavy atom. The van der Waals surface area contributed by atoms with Gasteiger partial charge >= 0.3 is 0 Å². The summed E-state index contributed by atoms with van der Waals surface area (Å²) >= 11 is 0. The first-order chi connectivity index (χ1) is 10.2. The average Bonchev–Trinajstić information content (AvgIpc) is 2.81. The third kappa shape index (κ3) is 2.57. The van der Waals surface area contributed by atoms with Gasteiger partial charge in [0.15, 0.2) is 5.82 Å². The van der Waals surface area contributed by atoms with Crippen LogP contribution in [0.4, 0.5) is 11.5 Å². The fraction of sp³-hybridized carbons (Fsp3) is 0.235. The zero-order valence-electron chi connectivity index (χ0n) is 12.6. The second kappa shape index (κ2) is 5.48. The molecule has 3 aromatic rings. The number of furan rings is 1. The molecular weight excluding hydrogens is 262 g/mol. The van der Waals surface area contributed by atoms with Crippen molar-refractivity contribution in [1.29, 1.82) is 0 Å². The van der Waals surface area contributed by atoms with E-state index in [0.717, 1.165) is 34.8 Å². The van der Waals surface area contributed by atoms with Crippen LogP contribution in [0.2, 0.25) is 0 Å². The van der Waals surface area contributed by atoms with Crippen LogP contribution in [0.5, 0.6) is 0 Å². The van der Waals surface area contributed by atoms with E-state index in [1.165, 1.54) is 5.56 Å². The SMILES string of the molecule is Cc1oc2ccccc2c1CNc1cccnc1N(C)C. The lowest BCUT2D eigenvalue weighted by atomic mass is 10.1. The fourth-order valence-corrected chi connectivity index (χ4v) is 2.52. The van der Waals surface area contributed by atoms with Crippen LogP contribution in [-0.2, 0) is 6.54 Å². The summed E-state index contributed by atoms with van der Waals surface area (Å²) in [6.45, 7) is 2.72. The van der Waals surface area contributed by atoms with Crippen molar-refractivity contribution in [3.63, 3.8) is 0 Å². The van der Waals surface area contributed by atoms with Crippen molar-refractivity contribution >= 4 is 22.5 Å². The Morgan fingerprint density at radius 3 is 2.76 bits per heavy atom. The number of hydrogen-bond acceptors (Lipinski definition) is 4. The number of rotatable bonds is 4. The van der Waals surface area contributed by atoms with Crippen LogP contribution in [0.15, 0.2) is 47.0 Å². The van der Waals surface area contributed by atoms with Crippen molar-refractivity contribution in [2.45, 2.75) is 13.5 Å². The van der Waals surface area contributed by atoms with Crippen LogP contribution < -0.4 is 10.2 Å². The van der Waals surface area contributed by atoms with E-state index in [1.54, 1.807) is 6.20 Å². The van der Waals surface area contributed by atoms with E-state index in [4.69, 9.17) is 4.42 Å². The number of nitrogens with zero attached hydrogens (tertiary/aromatic N) is 2. The molecule has 0 bridgehead atoms. The first-order valence-corrected chi connectivity index (χ1v) is 7.00. The molecule has 3 rings (SSSR count). The first-order valence-electron chi connectivity index (χ1n) is 7.00. The highest BCUT2D eigenvalue weighted by Gasteiger charge is 2.11. The maximum absolute atomic E-state index is 5.80. The number of para-hydroxylation sites is 1. The highest BCUT2D eigenvalue weighted by Crippen LogP contribution is 2.27. The predicted molar refractivity (Wildman–Crippen MR) is 86.8 cm³/mol. The van der Waals surface area contributed by atoms with Crippen molar-refractivity contribution < 1.29 is 4.42 Å². The molecule has 4 heteroatoms. The molecule has 1 N–H and O–H groups in total. The Labute approximate surface area is 124 Å². The molecule has 0 aliphatic carbocycles. The lowest BCUT2D eigenvalue weighted by molar-refractivity contribution is 0.573. The second-order valence-corrected chi connectivity index (χ2v) is 5.26. The molecule has 1 aromatic carbocycles. The molecule has 0 spiro atoms. The van der Waals surface area contributed by atoms with Crippen molar-refractivity contribution in [2.75, 3.05) is 24.3 Å². The molecule has 0 fully saturated rings. The third-order valence-electron chi connectivity index (χ3n) is 3.57. The van der Waals surface area contributed by atoms with E-state index < -0.39 is 0 Å². The topological polar surface area (TPSA) is 41.3 Å². The Kier molecular flexibility index (Phi) is 3.52. The van der Waals surface area contributed by atoms with E-state index in [9.17, 15) is 0 Å². The highest BCUT2D eigenvalue weighted by atomic mass is 16.3. The minimum absolute atomic E-state index is 0.718. The van der Waals surface area contributed by atoms with Gasteiger partial charge < -0.3 is 14.6 Å². The van der Waals surface area contributed by atoms with Crippen LogP contribution in [0, 0.1) is 6.92 Å². The molecule has 108 valence electrons. The van der Waals surface area contributed by atoms with E-state index in [2.05, 4.69) is 16.4 Å². The van der Waals surface area contributed by atoms with Gasteiger partial charge in [0.1, 0.15) is 11.3 Å². The summed E-state index contributed by atoms with van der Waals surface area (Å²) < 4.78 is 5.80. The number of aryl methyl sites for hydroxylation is 1. The maximum Gasteiger partial charge on any atom is 0.151 e. The number of anilines is 2. The summed E-state index contributed by atoms with van der Waals surface area (Å²) in [6.07, 6.45) is 1.80. The number of benzene rings is 1. The average molecular weight is 281 g/mol. The first kappa shape index (κ1) is 13.5. The van der Waals surface area contributed by atoms with Crippen molar-refractivity contribution in [3.05, 3.63) is 53.9 Å². The smallest absolute Gasteiger partial charge is 0.151 e. The molecular formula is C17H19N3O. The quantitative estimate of drug-likeness (QED) is 0.789. The summed E-state index contributed by atoms with van der Waals surface area (Å²) in [5.74, 6) is 1.89. The van der Waals surface area contributed by atoms with Gasteiger partial charge in [0.2, 0.25) is 0 Å². The molecule has 0 atom stereocenters. The molecule has 2 heterocycles. The molecule has 0 radical (unpaired) electrons. The second-order valence-electron chi connectivity index (χ2n) is 5.26. The summed E-state index contributed by atoms with van der Waals surface area (Å²) in [6, 6.07) is 12.1. The van der Waals surface area contributed by atoms with Gasteiger partial charge in [-0.05, 0) is 25.1 Å². The van der Waals surface area contributed by atoms with Gasteiger partial charge in [-0.25, -0.2) is 4.98 Å². The van der Waals surface area contributed by atoms with Crippen LogP contribution in [0.25, 0.3) is 11.0 Å². The largest absolute Gasteiger partial charge is 0.461 e. The van der Waals surface area contributed by atoms with Gasteiger partial charge in [-0.15, -0.1) is 0 Å². The van der Waals surface area contributed by atoms with Crippen LogP contribution >= 0.6 is 0 Å². The molecule has 0 saturated carbocycles. The zero-order chi connectivity index (χ0) is 14.8. The van der Waals surface area contributed by atoms with E-state index >= 15 is 0 Å². The van der Waals surface area contributed by atoms with Crippen LogP contribution in [0.3, 0.4) is 0 Å². The number of fused-ring (bicyclic) bond motifs is 1. The van der Waals surface area contributed by atoms with Crippen LogP contribution in [-0.4, -0.2) is 19.1 Å². The molecule has 0 unspecified atom stereocenters. The molecule has 2 aromatic heterocycles. The Balaban J connectivity index is 1.89. The molecule has 4 nitrogen and oxygen atoms in total. The summed E-state index contributed by atoms with van der Waals surface area (Å²) in [7, 11) is 3.98. The normalized spacial score (nSPS) is 10.8. The predicted octanol–water partition coefficient (Wildman–Crippen LogP) is 3.81. The molecule has 21 heavy (non-hydrogen) atoms. The van der Waals surface area contributed by atoms with E-state index in [1.807, 2.05) is 56.3 Å². The van der Waals surface area contributed by atoms with Gasteiger partial charge in [0.05, 0.1) is 5.69 Å². The summed E-state index contributed by atoms with van der Waals surface area (Å²) in [5.41, 5.74) is 3.15. The Bertz CT molecular complexity index is 762. The number of aromatic nitrogens is 1. The summed E-state index contributed by atoms with van der Waals surface area (Å²) in [4.78, 5) is 6.41. The van der Waals surface area contributed by atoms with Gasteiger partial charge in [0.25, 0.3) is 0 Å². The Morgan fingerprint density at radius 2 is 1.95 bits per heavy atom. The number of nitrogens with one attached hydrogen (secondary N) is 1. The highest BCUT2D eigenvalue weighted by molar-refractivity contribution is 5.82. The van der Waals surface area contributed by atoms with E-state index in [-0.39, 0.29) is 0 Å². The lowest BCUT2D eigenvalue weighted by Gasteiger charge is -2.16. The summed E-state index contributed by atoms with van der Waals surface area (Å²) in [5, 5.41) is 4.63. The Hall–Kier alpha value is -2.49. The number of pyridine rings is 1. The molecule has 0 aliphatic heterocycles.